The molecule has 0 amide bonds. The Morgan fingerprint density at radius 3 is 2.47 bits per heavy atom. The van der Waals surface area contributed by atoms with Crippen molar-refractivity contribution in [1.82, 2.24) is 9.88 Å². The van der Waals surface area contributed by atoms with Crippen molar-refractivity contribution in [1.29, 1.82) is 0 Å². The summed E-state index contributed by atoms with van der Waals surface area (Å²) in [7, 11) is 0. The monoisotopic (exact) mass is 236 g/mol. The fourth-order valence-electron chi connectivity index (χ4n) is 2.10. The van der Waals surface area contributed by atoms with E-state index >= 15 is 0 Å². The topological polar surface area (TPSA) is 68.2 Å². The van der Waals surface area contributed by atoms with Gasteiger partial charge in [-0.15, -0.1) is 0 Å². The first-order valence-electron chi connectivity index (χ1n) is 6.34. The van der Waals surface area contributed by atoms with Crippen molar-refractivity contribution in [2.45, 2.75) is 32.4 Å². The highest BCUT2D eigenvalue weighted by Gasteiger charge is 2.20. The number of hydrogen-bond acceptors (Lipinski definition) is 4. The van der Waals surface area contributed by atoms with E-state index in [1.165, 1.54) is 25.9 Å². The highest BCUT2D eigenvalue weighted by molar-refractivity contribution is 5.08. The molecule has 1 aromatic rings. The molecule has 4 heteroatoms. The van der Waals surface area contributed by atoms with Crippen LogP contribution in [0.1, 0.15) is 25.3 Å². The molecule has 96 valence electrons. The van der Waals surface area contributed by atoms with E-state index in [2.05, 4.69) is 16.8 Å². The molecule has 1 unspecified atom stereocenters. The van der Waals surface area contributed by atoms with Crippen molar-refractivity contribution >= 4 is 0 Å². The minimum Gasteiger partial charge on any atom is -0.329 e. The van der Waals surface area contributed by atoms with Crippen molar-refractivity contribution < 1.29 is 0 Å². The lowest BCUT2D eigenvalue weighted by atomic mass is 10.2. The zero-order valence-electron chi connectivity index (χ0n) is 10.7. The summed E-state index contributed by atoms with van der Waals surface area (Å²) < 4.78 is 0. The second-order valence-electron chi connectivity index (χ2n) is 4.22. The van der Waals surface area contributed by atoms with Gasteiger partial charge in [0.25, 0.3) is 0 Å². The van der Waals surface area contributed by atoms with E-state index in [9.17, 15) is 0 Å². The average Bonchev–Trinajstić information content (AvgIpc) is 2.88. The van der Waals surface area contributed by atoms with E-state index in [-0.39, 0.29) is 0 Å². The zero-order chi connectivity index (χ0) is 12.5. The first-order valence-corrected chi connectivity index (χ1v) is 6.34. The van der Waals surface area contributed by atoms with Crippen molar-refractivity contribution in [2.24, 2.45) is 11.5 Å². The summed E-state index contributed by atoms with van der Waals surface area (Å²) in [5.41, 5.74) is 12.0. The van der Waals surface area contributed by atoms with Gasteiger partial charge in [-0.1, -0.05) is 6.92 Å². The van der Waals surface area contributed by atoms with Gasteiger partial charge in [0, 0.05) is 31.5 Å². The summed E-state index contributed by atoms with van der Waals surface area (Å²) in [6, 6.07) is 4.50. The molecule has 1 atom stereocenters. The van der Waals surface area contributed by atoms with Crippen LogP contribution in [0.2, 0.25) is 0 Å². The van der Waals surface area contributed by atoms with Crippen LogP contribution in [0.25, 0.3) is 0 Å². The molecule has 0 spiro atoms. The van der Waals surface area contributed by atoms with Crippen LogP contribution >= 0.6 is 0 Å². The van der Waals surface area contributed by atoms with Crippen molar-refractivity contribution in [3.05, 3.63) is 30.1 Å². The lowest BCUT2D eigenvalue weighted by Crippen LogP contribution is -2.34. The minimum atomic E-state index is 0.600. The van der Waals surface area contributed by atoms with E-state index in [0.29, 0.717) is 12.6 Å². The number of hydrogen-bond donors (Lipinski definition) is 2. The average molecular weight is 236 g/mol. The number of pyridine rings is 1. The Hall–Kier alpha value is -0.970. The summed E-state index contributed by atoms with van der Waals surface area (Å²) in [5, 5.41) is 0. The molecule has 17 heavy (non-hydrogen) atoms. The lowest BCUT2D eigenvalue weighted by Gasteiger charge is -2.20. The molecule has 4 nitrogen and oxygen atoms in total. The van der Waals surface area contributed by atoms with Crippen LogP contribution in [0.3, 0.4) is 0 Å². The fourth-order valence-corrected chi connectivity index (χ4v) is 2.10. The van der Waals surface area contributed by atoms with Gasteiger partial charge in [-0.25, -0.2) is 0 Å². The van der Waals surface area contributed by atoms with Gasteiger partial charge < -0.3 is 11.5 Å². The Balaban J connectivity index is 0.000000171. The molecule has 0 aliphatic carbocycles. The third-order valence-electron chi connectivity index (χ3n) is 3.16. The van der Waals surface area contributed by atoms with E-state index in [0.717, 1.165) is 12.1 Å². The Morgan fingerprint density at radius 1 is 1.35 bits per heavy atom. The normalized spacial score (nSPS) is 19.8. The maximum Gasteiger partial charge on any atom is 0.0271 e. The Morgan fingerprint density at radius 2 is 2.06 bits per heavy atom. The van der Waals surface area contributed by atoms with Gasteiger partial charge in [0.1, 0.15) is 0 Å². The molecule has 2 heterocycles. The predicted molar refractivity (Wildman–Crippen MR) is 71.5 cm³/mol. The van der Waals surface area contributed by atoms with Gasteiger partial charge in [-0.2, -0.15) is 0 Å². The maximum absolute atomic E-state index is 5.56. The SMILES string of the molecule is CCN1CCCC1CN.NCc1ccncc1. The van der Waals surface area contributed by atoms with Crippen molar-refractivity contribution in [3.8, 4) is 0 Å². The quantitative estimate of drug-likeness (QED) is 0.820. The third-order valence-corrected chi connectivity index (χ3v) is 3.16. The maximum atomic E-state index is 5.56. The largest absolute Gasteiger partial charge is 0.329 e. The van der Waals surface area contributed by atoms with Crippen LogP contribution in [0.15, 0.2) is 24.5 Å². The van der Waals surface area contributed by atoms with Crippen LogP contribution in [-0.2, 0) is 6.54 Å². The van der Waals surface area contributed by atoms with E-state index in [1.807, 2.05) is 12.1 Å². The first-order chi connectivity index (χ1) is 8.31. The molecule has 0 radical (unpaired) electrons. The molecule has 1 aliphatic rings. The van der Waals surface area contributed by atoms with Crippen molar-refractivity contribution in [2.75, 3.05) is 19.6 Å². The van der Waals surface area contributed by atoms with Crippen LogP contribution in [0.5, 0.6) is 0 Å². The molecule has 1 aliphatic heterocycles. The molecule has 2 rings (SSSR count). The minimum absolute atomic E-state index is 0.600. The zero-order valence-corrected chi connectivity index (χ0v) is 10.7. The van der Waals surface area contributed by atoms with E-state index < -0.39 is 0 Å². The number of aromatic nitrogens is 1. The number of likely N-dealkylation sites (tertiary alicyclic amines) is 1. The standard InChI is InChI=1S/C7H16N2.C6H8N2/c1-2-9-5-3-4-7(9)6-8;7-5-6-1-3-8-4-2-6/h7H,2-6,8H2,1H3;1-4H,5,7H2. The van der Waals surface area contributed by atoms with Crippen LogP contribution in [-0.4, -0.2) is 35.6 Å². The van der Waals surface area contributed by atoms with Gasteiger partial charge in [-0.05, 0) is 43.6 Å². The number of nitrogens with two attached hydrogens (primary N) is 2. The van der Waals surface area contributed by atoms with E-state index in [4.69, 9.17) is 11.5 Å². The molecule has 1 fully saturated rings. The summed E-state index contributed by atoms with van der Waals surface area (Å²) in [6.07, 6.45) is 6.13. The molecule has 1 aromatic heterocycles. The van der Waals surface area contributed by atoms with Gasteiger partial charge >= 0.3 is 0 Å². The summed E-state index contributed by atoms with van der Waals surface area (Å²) in [6.45, 7) is 6.07. The summed E-state index contributed by atoms with van der Waals surface area (Å²) >= 11 is 0. The van der Waals surface area contributed by atoms with Crippen LogP contribution in [0.4, 0.5) is 0 Å². The van der Waals surface area contributed by atoms with Gasteiger partial charge in [-0.3, -0.25) is 9.88 Å². The molecular formula is C13H24N4. The van der Waals surface area contributed by atoms with Crippen LogP contribution < -0.4 is 11.5 Å². The molecule has 4 N–H and O–H groups in total. The second-order valence-corrected chi connectivity index (χ2v) is 4.22. The number of rotatable bonds is 3. The fraction of sp³-hybridized carbons (Fsp3) is 0.615. The predicted octanol–water partition coefficient (Wildman–Crippen LogP) is 0.970. The highest BCUT2D eigenvalue weighted by Crippen LogP contribution is 2.14. The number of likely N-dealkylation sites (N-methyl/N-ethyl adjacent to an activating group) is 1. The smallest absolute Gasteiger partial charge is 0.0271 e. The second kappa shape index (κ2) is 8.17. The molecule has 0 saturated carbocycles. The molecule has 0 bridgehead atoms. The molecule has 0 aromatic carbocycles. The lowest BCUT2D eigenvalue weighted by molar-refractivity contribution is 0.272. The number of nitrogens with zero attached hydrogens (tertiary/aromatic N) is 2. The highest BCUT2D eigenvalue weighted by atomic mass is 15.2. The first kappa shape index (κ1) is 14.1. The Labute approximate surface area is 104 Å². The third kappa shape index (κ3) is 4.81. The van der Waals surface area contributed by atoms with Crippen molar-refractivity contribution in [3.63, 3.8) is 0 Å². The van der Waals surface area contributed by atoms with Gasteiger partial charge in [0.05, 0.1) is 0 Å². The Kier molecular flexibility index (Phi) is 6.77. The van der Waals surface area contributed by atoms with Gasteiger partial charge in [0.15, 0.2) is 0 Å². The Bertz CT molecular complexity index is 279. The molecular weight excluding hydrogens is 212 g/mol. The summed E-state index contributed by atoms with van der Waals surface area (Å²) in [5.74, 6) is 0. The van der Waals surface area contributed by atoms with E-state index in [1.54, 1.807) is 12.4 Å². The van der Waals surface area contributed by atoms with Crippen LogP contribution in [0, 0.1) is 0 Å². The summed E-state index contributed by atoms with van der Waals surface area (Å²) in [4.78, 5) is 6.30. The van der Waals surface area contributed by atoms with Gasteiger partial charge in [0.2, 0.25) is 0 Å². The molecule has 1 saturated heterocycles.